The van der Waals surface area contributed by atoms with Gasteiger partial charge in [-0.1, -0.05) is 176 Å². The third-order valence-electron chi connectivity index (χ3n) is 12.5. The molecule has 8 aromatic carbocycles. The average molecular weight is 851 g/mol. The van der Waals surface area contributed by atoms with Crippen molar-refractivity contribution in [1.82, 2.24) is 4.57 Å². The van der Waals surface area contributed by atoms with Crippen LogP contribution in [0.25, 0.3) is 82.6 Å². The van der Waals surface area contributed by atoms with Crippen molar-refractivity contribution >= 4 is 77.6 Å². The quantitative estimate of drug-likeness (QED) is 0.124. The van der Waals surface area contributed by atoms with Gasteiger partial charge in [-0.2, -0.15) is 0 Å². The van der Waals surface area contributed by atoms with Gasteiger partial charge in [-0.3, -0.25) is 0 Å². The van der Waals surface area contributed by atoms with E-state index in [1.165, 1.54) is 69.6 Å². The predicted molar refractivity (Wildman–Crippen MR) is 282 cm³/mol. The Labute approximate surface area is 384 Å². The van der Waals surface area contributed by atoms with Crippen LogP contribution in [0.1, 0.15) is 18.9 Å². The zero-order chi connectivity index (χ0) is 43.7. The fourth-order valence-electron chi connectivity index (χ4n) is 9.37. The van der Waals surface area contributed by atoms with Gasteiger partial charge in [0.15, 0.2) is 0 Å². The second-order valence-electron chi connectivity index (χ2n) is 16.5. The number of anilines is 3. The van der Waals surface area contributed by atoms with Crippen molar-refractivity contribution in [2.45, 2.75) is 13.3 Å². The predicted octanol–water partition coefficient (Wildman–Crippen LogP) is 16.0. The summed E-state index contributed by atoms with van der Waals surface area (Å²) in [4.78, 5) is 2.35. The zero-order valence-corrected chi connectivity index (χ0v) is 37.1. The Morgan fingerprint density at radius 3 is 2.03 bits per heavy atom. The number of hydrogen-bond donors (Lipinski definition) is 0. The van der Waals surface area contributed by atoms with Crippen LogP contribution >= 0.6 is 11.3 Å². The number of fused-ring (bicyclic) bond motifs is 6. The topological polar surface area (TPSA) is 8.17 Å². The first-order valence-electron chi connectivity index (χ1n) is 22.3. The summed E-state index contributed by atoms with van der Waals surface area (Å²) >= 11 is 1.89. The maximum absolute atomic E-state index is 4.33. The molecule has 0 unspecified atom stereocenters. The molecular formula is C62H46N2S. The summed E-state index contributed by atoms with van der Waals surface area (Å²) in [5.41, 5.74) is 16.0. The molecule has 3 heteroatoms. The molecular weight excluding hydrogens is 805 g/mol. The summed E-state index contributed by atoms with van der Waals surface area (Å²) in [5.74, 6) is 0. The summed E-state index contributed by atoms with van der Waals surface area (Å²) in [5, 5.41) is 5.17. The second kappa shape index (κ2) is 17.3. The standard InChI is InChI=1S/C62H46N2S/c1-3-4-6-18-43(2)44-33-37-50(38-34-44)63(51-39-35-46(36-40-51)45-19-7-5-8-20-45)52-24-16-22-48(42-52)47-21-15-23-49(41-47)53-28-17-31-58-61(53)56-27-10-12-29-57(56)64(58)59-30-13-9-26-55-54-25-11-14-32-60(54)65-62(55)59/h3-8,10-42H,2,9H2,1H3/b4-3-,18-6-. The number of para-hydroxylation sites is 1. The first-order chi connectivity index (χ1) is 32.1. The number of allylic oxidation sites excluding steroid dienone is 7. The van der Waals surface area contributed by atoms with Crippen molar-refractivity contribution in [3.63, 3.8) is 0 Å². The van der Waals surface area contributed by atoms with Gasteiger partial charge in [0.25, 0.3) is 0 Å². The van der Waals surface area contributed by atoms with E-state index in [1.807, 2.05) is 36.5 Å². The van der Waals surface area contributed by atoms with E-state index in [0.717, 1.165) is 45.7 Å². The van der Waals surface area contributed by atoms with E-state index in [-0.39, 0.29) is 0 Å². The minimum absolute atomic E-state index is 0.906. The first kappa shape index (κ1) is 39.8. The molecule has 2 heterocycles. The van der Waals surface area contributed by atoms with Gasteiger partial charge in [0.2, 0.25) is 0 Å². The van der Waals surface area contributed by atoms with Crippen molar-refractivity contribution in [3.8, 4) is 33.4 Å². The molecule has 310 valence electrons. The van der Waals surface area contributed by atoms with Crippen LogP contribution in [0, 0.1) is 0 Å². The molecule has 0 aliphatic heterocycles. The van der Waals surface area contributed by atoms with E-state index < -0.39 is 0 Å². The Bertz CT molecular complexity index is 3640. The Morgan fingerprint density at radius 2 is 1.22 bits per heavy atom. The van der Waals surface area contributed by atoms with Crippen molar-refractivity contribution in [2.75, 3.05) is 4.90 Å². The highest BCUT2D eigenvalue weighted by Crippen LogP contribution is 2.41. The highest BCUT2D eigenvalue weighted by molar-refractivity contribution is 7.17. The average Bonchev–Trinajstić information content (AvgIpc) is 3.83. The Kier molecular flexibility index (Phi) is 10.6. The van der Waals surface area contributed by atoms with E-state index in [0.29, 0.717) is 0 Å². The van der Waals surface area contributed by atoms with E-state index >= 15 is 0 Å². The van der Waals surface area contributed by atoms with Gasteiger partial charge in [-0.25, -0.2) is 0 Å². The van der Waals surface area contributed by atoms with Gasteiger partial charge < -0.3 is 9.47 Å². The molecule has 0 saturated heterocycles. The minimum atomic E-state index is 0.906. The molecule has 2 aromatic heterocycles. The molecule has 1 aliphatic carbocycles. The molecule has 0 amide bonds. The monoisotopic (exact) mass is 850 g/mol. The SMILES string of the molecule is C=C(/C=C\C=C/C)c1ccc(N(c2ccc(-c3ccccc3)cc2)c2cccc(-c3cccc(-c4cccc5c4c4ccccc4n5C4=c5sc6ccccc6c5=CCC=C4)c3)c2)cc1. The molecule has 0 radical (unpaired) electrons. The van der Waals surface area contributed by atoms with Gasteiger partial charge in [0.1, 0.15) is 0 Å². The van der Waals surface area contributed by atoms with Gasteiger partial charge in [0.05, 0.1) is 21.3 Å². The van der Waals surface area contributed by atoms with Crippen molar-refractivity contribution < 1.29 is 0 Å². The van der Waals surface area contributed by atoms with Crippen LogP contribution in [0.5, 0.6) is 0 Å². The van der Waals surface area contributed by atoms with E-state index in [2.05, 4.69) is 234 Å². The summed E-state index contributed by atoms with van der Waals surface area (Å²) in [6.45, 7) is 6.35. The third-order valence-corrected chi connectivity index (χ3v) is 13.7. The highest BCUT2D eigenvalue weighted by Gasteiger charge is 2.20. The number of thiophene rings is 1. The highest BCUT2D eigenvalue weighted by atomic mass is 32.1. The fourth-order valence-corrected chi connectivity index (χ4v) is 10.6. The third kappa shape index (κ3) is 7.46. The van der Waals surface area contributed by atoms with Gasteiger partial charge in [-0.05, 0) is 130 Å². The van der Waals surface area contributed by atoms with E-state index in [9.17, 15) is 0 Å². The van der Waals surface area contributed by atoms with Gasteiger partial charge >= 0.3 is 0 Å². The van der Waals surface area contributed by atoms with Crippen LogP contribution in [0.15, 0.2) is 237 Å². The Hall–Kier alpha value is -7.98. The van der Waals surface area contributed by atoms with E-state index in [1.54, 1.807) is 0 Å². The number of rotatable bonds is 10. The minimum Gasteiger partial charge on any atom is -0.310 e. The Morgan fingerprint density at radius 1 is 0.569 bits per heavy atom. The first-order valence-corrected chi connectivity index (χ1v) is 23.1. The smallest absolute Gasteiger partial charge is 0.0637 e. The molecule has 0 fully saturated rings. The van der Waals surface area contributed by atoms with Crippen LogP contribution in [-0.2, 0) is 0 Å². The molecule has 65 heavy (non-hydrogen) atoms. The van der Waals surface area contributed by atoms with Crippen LogP contribution in [0.2, 0.25) is 0 Å². The molecule has 0 N–H and O–H groups in total. The number of benzene rings is 8. The second-order valence-corrected chi connectivity index (χ2v) is 17.5. The number of nitrogens with zero attached hydrogens (tertiary/aromatic N) is 2. The fraction of sp³-hybridized carbons (Fsp3) is 0.0323. The maximum atomic E-state index is 4.33. The van der Waals surface area contributed by atoms with Gasteiger partial charge in [-0.15, -0.1) is 11.3 Å². The molecule has 10 aromatic rings. The summed E-state index contributed by atoms with van der Waals surface area (Å²) in [6, 6.07) is 70.7. The van der Waals surface area contributed by atoms with E-state index in [4.69, 9.17) is 0 Å². The lowest BCUT2D eigenvalue weighted by molar-refractivity contribution is 1.23. The van der Waals surface area contributed by atoms with Crippen molar-refractivity contribution in [3.05, 3.63) is 252 Å². The lowest BCUT2D eigenvalue weighted by atomic mass is 9.95. The van der Waals surface area contributed by atoms with Crippen LogP contribution < -0.4 is 14.7 Å². The molecule has 0 saturated carbocycles. The summed E-state index contributed by atoms with van der Waals surface area (Å²) in [7, 11) is 0. The number of aromatic nitrogens is 1. The van der Waals surface area contributed by atoms with Crippen LogP contribution in [0.4, 0.5) is 17.1 Å². The van der Waals surface area contributed by atoms with Crippen molar-refractivity contribution in [2.24, 2.45) is 0 Å². The molecule has 11 rings (SSSR count). The molecule has 1 aliphatic rings. The molecule has 0 atom stereocenters. The molecule has 0 spiro atoms. The Balaban J connectivity index is 1.01. The summed E-state index contributed by atoms with van der Waals surface area (Å²) in [6.07, 6.45) is 16.1. The lowest BCUT2D eigenvalue weighted by Gasteiger charge is -2.26. The maximum Gasteiger partial charge on any atom is 0.0637 e. The van der Waals surface area contributed by atoms with Gasteiger partial charge in [0, 0.05) is 37.9 Å². The number of hydrogen-bond acceptors (Lipinski definition) is 2. The van der Waals surface area contributed by atoms with Crippen molar-refractivity contribution in [1.29, 1.82) is 0 Å². The molecule has 2 nitrogen and oxygen atoms in total. The molecule has 0 bridgehead atoms. The largest absolute Gasteiger partial charge is 0.310 e. The van der Waals surface area contributed by atoms with Crippen LogP contribution in [0.3, 0.4) is 0 Å². The van der Waals surface area contributed by atoms with Crippen LogP contribution in [-0.4, -0.2) is 4.57 Å². The zero-order valence-electron chi connectivity index (χ0n) is 36.2. The lowest BCUT2D eigenvalue weighted by Crippen LogP contribution is -2.23. The summed E-state index contributed by atoms with van der Waals surface area (Å²) < 4.78 is 5.13. The normalized spacial score (nSPS) is 12.6.